The van der Waals surface area contributed by atoms with Gasteiger partial charge in [0.05, 0.1) is 6.42 Å². The quantitative estimate of drug-likeness (QED) is 0.526. The summed E-state index contributed by atoms with van der Waals surface area (Å²) in [5.41, 5.74) is 3.62. The second-order valence-corrected chi connectivity index (χ2v) is 7.37. The Morgan fingerprint density at radius 3 is 2.33 bits per heavy atom. The van der Waals surface area contributed by atoms with E-state index in [9.17, 15) is 19.1 Å². The molecule has 0 fully saturated rings. The maximum atomic E-state index is 13.1. The van der Waals surface area contributed by atoms with E-state index in [2.05, 4.69) is 16.7 Å². The first-order valence-corrected chi connectivity index (χ1v) is 9.62. The highest BCUT2D eigenvalue weighted by molar-refractivity contribution is 6.08. The van der Waals surface area contributed by atoms with E-state index in [1.807, 2.05) is 37.4 Å². The summed E-state index contributed by atoms with van der Waals surface area (Å²) >= 11 is 0. The van der Waals surface area contributed by atoms with Crippen molar-refractivity contribution >= 4 is 33.7 Å². The van der Waals surface area contributed by atoms with Crippen molar-refractivity contribution in [3.05, 3.63) is 83.7 Å². The number of rotatable bonds is 6. The van der Waals surface area contributed by atoms with Gasteiger partial charge in [-0.2, -0.15) is 0 Å². The molecule has 1 aromatic heterocycles. The molecule has 0 bridgehead atoms. The van der Waals surface area contributed by atoms with Crippen molar-refractivity contribution in [2.45, 2.75) is 13.0 Å². The molecular formula is C24H21FN2O3. The number of hydrogen-bond donors (Lipinski definition) is 1. The number of amides is 1. The van der Waals surface area contributed by atoms with Crippen LogP contribution >= 0.6 is 0 Å². The van der Waals surface area contributed by atoms with Crippen LogP contribution in [-0.2, 0) is 29.6 Å². The van der Waals surface area contributed by atoms with E-state index in [0.717, 1.165) is 27.4 Å². The molecule has 1 N–H and O–H groups in total. The van der Waals surface area contributed by atoms with Gasteiger partial charge in [-0.05, 0) is 35.4 Å². The summed E-state index contributed by atoms with van der Waals surface area (Å²) in [5, 5.41) is 11.5. The molecule has 6 heteroatoms. The fourth-order valence-corrected chi connectivity index (χ4v) is 3.81. The summed E-state index contributed by atoms with van der Waals surface area (Å²) in [4.78, 5) is 25.4. The van der Waals surface area contributed by atoms with Crippen molar-refractivity contribution < 1.29 is 19.1 Å². The van der Waals surface area contributed by atoms with E-state index in [4.69, 9.17) is 0 Å². The molecule has 0 saturated carbocycles. The Hall–Kier alpha value is -3.67. The zero-order valence-electron chi connectivity index (χ0n) is 16.5. The van der Waals surface area contributed by atoms with Gasteiger partial charge in [0.1, 0.15) is 12.4 Å². The average molecular weight is 404 g/mol. The lowest BCUT2D eigenvalue weighted by Gasteiger charge is -2.21. The van der Waals surface area contributed by atoms with Gasteiger partial charge in [-0.25, -0.2) is 4.39 Å². The van der Waals surface area contributed by atoms with E-state index in [1.165, 1.54) is 17.0 Å². The normalized spacial score (nSPS) is 11.1. The predicted octanol–water partition coefficient (Wildman–Crippen LogP) is 4.13. The van der Waals surface area contributed by atoms with Crippen LogP contribution < -0.4 is 0 Å². The van der Waals surface area contributed by atoms with Crippen LogP contribution in [0.1, 0.15) is 11.1 Å². The summed E-state index contributed by atoms with van der Waals surface area (Å²) < 4.78 is 15.2. The zero-order chi connectivity index (χ0) is 21.3. The summed E-state index contributed by atoms with van der Waals surface area (Å²) in [6.07, 6.45) is 0.0892. The number of carboxylic acids is 1. The molecule has 0 spiro atoms. The molecule has 0 aliphatic heterocycles. The molecule has 0 unspecified atom stereocenters. The molecule has 3 aromatic carbocycles. The first-order valence-electron chi connectivity index (χ1n) is 9.62. The van der Waals surface area contributed by atoms with Crippen LogP contribution in [0, 0.1) is 5.82 Å². The number of aromatic nitrogens is 1. The van der Waals surface area contributed by atoms with Gasteiger partial charge in [0.2, 0.25) is 5.91 Å². The second kappa shape index (κ2) is 7.99. The van der Waals surface area contributed by atoms with E-state index in [1.54, 1.807) is 12.1 Å². The SMILES string of the molecule is Cn1c2ccccc2c2ccc(CC(=O)N(CC(=O)O)Cc3ccc(F)cc3)cc21. The van der Waals surface area contributed by atoms with Gasteiger partial charge >= 0.3 is 5.97 Å². The van der Waals surface area contributed by atoms with Crippen molar-refractivity contribution in [2.24, 2.45) is 7.05 Å². The summed E-state index contributed by atoms with van der Waals surface area (Å²) in [7, 11) is 1.99. The first-order chi connectivity index (χ1) is 14.4. The van der Waals surface area contributed by atoms with Gasteiger partial charge < -0.3 is 14.6 Å². The van der Waals surface area contributed by atoms with Crippen molar-refractivity contribution in [1.29, 1.82) is 0 Å². The molecule has 30 heavy (non-hydrogen) atoms. The molecule has 1 heterocycles. The number of nitrogens with zero attached hydrogens (tertiary/aromatic N) is 2. The lowest BCUT2D eigenvalue weighted by molar-refractivity contribution is -0.144. The van der Waals surface area contributed by atoms with E-state index in [-0.39, 0.29) is 24.7 Å². The van der Waals surface area contributed by atoms with Gasteiger partial charge in [-0.1, -0.05) is 42.5 Å². The Kier molecular flexibility index (Phi) is 5.23. The number of hydrogen-bond acceptors (Lipinski definition) is 2. The topological polar surface area (TPSA) is 62.5 Å². The van der Waals surface area contributed by atoms with Crippen LogP contribution in [0.4, 0.5) is 4.39 Å². The van der Waals surface area contributed by atoms with Crippen molar-refractivity contribution in [3.8, 4) is 0 Å². The Labute approximate surface area is 173 Å². The molecular weight excluding hydrogens is 383 g/mol. The maximum Gasteiger partial charge on any atom is 0.323 e. The van der Waals surface area contributed by atoms with Crippen LogP contribution in [0.25, 0.3) is 21.8 Å². The third kappa shape index (κ3) is 3.89. The van der Waals surface area contributed by atoms with Crippen molar-refractivity contribution in [3.63, 3.8) is 0 Å². The standard InChI is InChI=1S/C24H21FN2O3/c1-26-21-5-3-2-4-19(21)20-11-8-17(12-22(20)26)13-23(28)27(15-24(29)30)14-16-6-9-18(25)10-7-16/h2-12H,13-15H2,1H3,(H,29,30). The van der Waals surface area contributed by atoms with Gasteiger partial charge in [-0.15, -0.1) is 0 Å². The number of aliphatic carboxylic acids is 1. The zero-order valence-corrected chi connectivity index (χ0v) is 16.5. The number of benzene rings is 3. The molecule has 4 rings (SSSR count). The highest BCUT2D eigenvalue weighted by atomic mass is 19.1. The lowest BCUT2D eigenvalue weighted by Crippen LogP contribution is -2.36. The molecule has 1 amide bonds. The third-order valence-corrected chi connectivity index (χ3v) is 5.30. The van der Waals surface area contributed by atoms with Gasteiger partial charge in [-0.3, -0.25) is 9.59 Å². The van der Waals surface area contributed by atoms with Crippen LogP contribution in [0.15, 0.2) is 66.7 Å². The number of halogens is 1. The number of para-hydroxylation sites is 1. The van der Waals surface area contributed by atoms with E-state index >= 15 is 0 Å². The summed E-state index contributed by atoms with van der Waals surface area (Å²) in [5.74, 6) is -1.76. The number of carbonyl (C=O) groups excluding carboxylic acids is 1. The number of carbonyl (C=O) groups is 2. The second-order valence-electron chi connectivity index (χ2n) is 7.37. The molecule has 4 aromatic rings. The predicted molar refractivity (Wildman–Crippen MR) is 114 cm³/mol. The molecule has 0 atom stereocenters. The Morgan fingerprint density at radius 1 is 0.933 bits per heavy atom. The van der Waals surface area contributed by atoms with Gasteiger partial charge in [0.15, 0.2) is 0 Å². The minimum Gasteiger partial charge on any atom is -0.480 e. The molecule has 5 nitrogen and oxygen atoms in total. The Bertz CT molecular complexity index is 1240. The number of carboxylic acid groups (broad SMARTS) is 1. The number of aryl methyl sites for hydroxylation is 1. The maximum absolute atomic E-state index is 13.1. The van der Waals surface area contributed by atoms with Crippen LogP contribution in [0.2, 0.25) is 0 Å². The highest BCUT2D eigenvalue weighted by Gasteiger charge is 2.18. The molecule has 152 valence electrons. The Morgan fingerprint density at radius 2 is 1.60 bits per heavy atom. The van der Waals surface area contributed by atoms with Crippen molar-refractivity contribution in [1.82, 2.24) is 9.47 Å². The summed E-state index contributed by atoms with van der Waals surface area (Å²) in [6.45, 7) is -0.297. The number of fused-ring (bicyclic) bond motifs is 3. The highest BCUT2D eigenvalue weighted by Crippen LogP contribution is 2.28. The van der Waals surface area contributed by atoms with Gasteiger partial charge in [0, 0.05) is 35.4 Å². The fraction of sp³-hybridized carbons (Fsp3) is 0.167. The molecule has 0 aliphatic carbocycles. The lowest BCUT2D eigenvalue weighted by atomic mass is 10.1. The van der Waals surface area contributed by atoms with E-state index in [0.29, 0.717) is 5.56 Å². The van der Waals surface area contributed by atoms with Crippen LogP contribution in [-0.4, -0.2) is 33.0 Å². The largest absolute Gasteiger partial charge is 0.480 e. The molecule has 0 radical (unpaired) electrons. The fourth-order valence-electron chi connectivity index (χ4n) is 3.81. The first kappa shape index (κ1) is 19.6. The van der Waals surface area contributed by atoms with Crippen LogP contribution in [0.3, 0.4) is 0 Å². The molecule has 0 saturated heterocycles. The van der Waals surface area contributed by atoms with Gasteiger partial charge in [0.25, 0.3) is 0 Å². The van der Waals surface area contributed by atoms with Crippen molar-refractivity contribution in [2.75, 3.05) is 6.54 Å². The monoisotopic (exact) mass is 404 g/mol. The minimum absolute atomic E-state index is 0.0892. The third-order valence-electron chi connectivity index (χ3n) is 5.30. The molecule has 0 aliphatic rings. The summed E-state index contributed by atoms with van der Waals surface area (Å²) in [6, 6.07) is 19.7. The Balaban J connectivity index is 1.60. The smallest absolute Gasteiger partial charge is 0.323 e. The minimum atomic E-state index is -1.09. The van der Waals surface area contributed by atoms with E-state index < -0.39 is 12.5 Å². The van der Waals surface area contributed by atoms with Crippen LogP contribution in [0.5, 0.6) is 0 Å². The average Bonchev–Trinajstić information content (AvgIpc) is 3.01.